The van der Waals surface area contributed by atoms with E-state index in [0.29, 0.717) is 42.0 Å². The van der Waals surface area contributed by atoms with Crippen LogP contribution < -0.4 is 15.4 Å². The number of fused-ring (bicyclic) bond motifs is 1. The van der Waals surface area contributed by atoms with Gasteiger partial charge in [0.15, 0.2) is 5.13 Å². The van der Waals surface area contributed by atoms with Crippen molar-refractivity contribution in [1.29, 1.82) is 0 Å². The number of urea groups is 1. The third kappa shape index (κ3) is 3.94. The number of likely N-dealkylation sites (tertiary alicyclic amines) is 1. The summed E-state index contributed by atoms with van der Waals surface area (Å²) in [7, 11) is 1.58. The Hall–Kier alpha value is -2.46. The first kappa shape index (κ1) is 20.4. The van der Waals surface area contributed by atoms with Crippen LogP contribution in [0.2, 0.25) is 0 Å². The SMILES string of the molecule is COc1ncc(C2CCOCC2)c2sc(NC(=O)N3CCC4(CC3)CNC(=O)C4)nc12. The summed E-state index contributed by atoms with van der Waals surface area (Å²) in [5.74, 6) is 0.968. The molecule has 3 fully saturated rings. The Balaban J connectivity index is 1.32. The Labute approximate surface area is 184 Å². The number of carbonyl (C=O) groups is 2. The molecule has 3 amide bonds. The van der Waals surface area contributed by atoms with E-state index in [1.54, 1.807) is 7.11 Å². The maximum atomic E-state index is 12.9. The predicted octanol–water partition coefficient (Wildman–Crippen LogP) is 2.73. The lowest BCUT2D eigenvalue weighted by Crippen LogP contribution is -2.45. The lowest BCUT2D eigenvalue weighted by molar-refractivity contribution is -0.119. The Morgan fingerprint density at radius 3 is 2.81 bits per heavy atom. The molecular formula is C21H27N5O4S. The predicted molar refractivity (Wildman–Crippen MR) is 117 cm³/mol. The summed E-state index contributed by atoms with van der Waals surface area (Å²) >= 11 is 1.47. The molecule has 0 saturated carbocycles. The molecule has 3 aliphatic heterocycles. The van der Waals surface area contributed by atoms with Crippen molar-refractivity contribution < 1.29 is 19.1 Å². The van der Waals surface area contributed by atoms with Gasteiger partial charge in [0.2, 0.25) is 11.8 Å². The monoisotopic (exact) mass is 445 g/mol. The molecule has 10 heteroatoms. The summed E-state index contributed by atoms with van der Waals surface area (Å²) in [6.07, 6.45) is 6.03. The van der Waals surface area contributed by atoms with Gasteiger partial charge in [-0.15, -0.1) is 0 Å². The number of nitrogens with zero attached hydrogens (tertiary/aromatic N) is 3. The highest BCUT2D eigenvalue weighted by Crippen LogP contribution is 2.40. The largest absolute Gasteiger partial charge is 0.479 e. The maximum Gasteiger partial charge on any atom is 0.323 e. The zero-order chi connectivity index (χ0) is 21.4. The molecule has 2 N–H and O–H groups in total. The molecule has 5 heterocycles. The van der Waals surface area contributed by atoms with Gasteiger partial charge in [-0.2, -0.15) is 0 Å². The van der Waals surface area contributed by atoms with E-state index < -0.39 is 0 Å². The zero-order valence-corrected chi connectivity index (χ0v) is 18.4. The van der Waals surface area contributed by atoms with Gasteiger partial charge in [-0.1, -0.05) is 11.3 Å². The molecule has 166 valence electrons. The highest BCUT2D eigenvalue weighted by atomic mass is 32.1. The lowest BCUT2D eigenvalue weighted by atomic mass is 9.78. The van der Waals surface area contributed by atoms with Crippen molar-refractivity contribution in [3.63, 3.8) is 0 Å². The minimum absolute atomic E-state index is 0.0153. The van der Waals surface area contributed by atoms with Crippen LogP contribution in [0.5, 0.6) is 5.88 Å². The minimum atomic E-state index is -0.147. The van der Waals surface area contributed by atoms with Gasteiger partial charge in [0, 0.05) is 45.5 Å². The summed E-state index contributed by atoms with van der Waals surface area (Å²) < 4.78 is 11.9. The van der Waals surface area contributed by atoms with Gasteiger partial charge in [-0.25, -0.2) is 14.8 Å². The second-order valence-electron chi connectivity index (χ2n) is 8.68. The molecule has 0 aromatic carbocycles. The number of pyridine rings is 1. The Kier molecular flexibility index (Phi) is 5.43. The van der Waals surface area contributed by atoms with Gasteiger partial charge < -0.3 is 19.7 Å². The van der Waals surface area contributed by atoms with Crippen LogP contribution in [-0.2, 0) is 9.53 Å². The molecule has 0 bridgehead atoms. The number of hydrogen-bond acceptors (Lipinski definition) is 7. The third-order valence-corrected chi connectivity index (χ3v) is 7.81. The van der Waals surface area contributed by atoms with Gasteiger partial charge in [0.1, 0.15) is 5.52 Å². The molecule has 0 unspecified atom stereocenters. The summed E-state index contributed by atoms with van der Waals surface area (Å²) in [5, 5.41) is 6.46. The van der Waals surface area contributed by atoms with E-state index in [1.807, 2.05) is 11.1 Å². The van der Waals surface area contributed by atoms with Gasteiger partial charge >= 0.3 is 6.03 Å². The number of ether oxygens (including phenoxy) is 2. The molecule has 0 radical (unpaired) electrons. The van der Waals surface area contributed by atoms with Crippen LogP contribution in [0.4, 0.5) is 9.93 Å². The fourth-order valence-electron chi connectivity index (χ4n) is 4.87. The fraction of sp³-hybridized carbons (Fsp3) is 0.619. The standard InChI is InChI=1S/C21H27N5O4S/c1-29-18-16-17(14(11-22-18)13-2-8-30-9-3-13)31-19(24-16)25-20(28)26-6-4-21(5-7-26)10-15(27)23-12-21/h11,13H,2-10,12H2,1H3,(H,23,27)(H,24,25,28). The average molecular weight is 446 g/mol. The summed E-state index contributed by atoms with van der Waals surface area (Å²) in [4.78, 5) is 35.4. The van der Waals surface area contributed by atoms with Crippen molar-refractivity contribution in [2.45, 2.75) is 38.0 Å². The number of rotatable bonds is 3. The fourth-order valence-corrected chi connectivity index (χ4v) is 5.91. The summed E-state index contributed by atoms with van der Waals surface area (Å²) in [6.45, 7) is 3.50. The number of carbonyl (C=O) groups excluding carboxylic acids is 2. The topological polar surface area (TPSA) is 106 Å². The smallest absolute Gasteiger partial charge is 0.323 e. The number of amides is 3. The van der Waals surface area contributed by atoms with Gasteiger partial charge in [-0.05, 0) is 42.6 Å². The van der Waals surface area contributed by atoms with E-state index in [0.717, 1.165) is 55.7 Å². The molecule has 0 aliphatic carbocycles. The molecule has 5 rings (SSSR count). The number of aromatic nitrogens is 2. The van der Waals surface area contributed by atoms with Crippen LogP contribution in [0, 0.1) is 5.41 Å². The van der Waals surface area contributed by atoms with Crippen molar-refractivity contribution in [3.05, 3.63) is 11.8 Å². The molecule has 3 aliphatic rings. The Morgan fingerprint density at radius 2 is 2.13 bits per heavy atom. The molecule has 3 saturated heterocycles. The van der Waals surface area contributed by atoms with Crippen LogP contribution >= 0.6 is 11.3 Å². The van der Waals surface area contributed by atoms with Crippen LogP contribution in [0.15, 0.2) is 6.20 Å². The normalized spacial score (nSPS) is 21.5. The second kappa shape index (κ2) is 8.23. The Morgan fingerprint density at radius 1 is 1.35 bits per heavy atom. The number of anilines is 1. The molecule has 2 aromatic heterocycles. The van der Waals surface area contributed by atoms with Crippen LogP contribution in [0.1, 0.15) is 43.6 Å². The number of nitrogens with one attached hydrogen (secondary N) is 2. The van der Waals surface area contributed by atoms with Gasteiger partial charge in [-0.3, -0.25) is 10.1 Å². The molecule has 9 nitrogen and oxygen atoms in total. The highest BCUT2D eigenvalue weighted by Gasteiger charge is 2.41. The van der Waals surface area contributed by atoms with Crippen molar-refractivity contribution in [2.75, 3.05) is 45.3 Å². The quantitative estimate of drug-likeness (QED) is 0.753. The number of piperidine rings is 1. The lowest BCUT2D eigenvalue weighted by Gasteiger charge is -2.37. The van der Waals surface area contributed by atoms with Crippen molar-refractivity contribution in [2.24, 2.45) is 5.41 Å². The van der Waals surface area contributed by atoms with E-state index in [2.05, 4.69) is 20.6 Å². The minimum Gasteiger partial charge on any atom is -0.479 e. The van der Waals surface area contributed by atoms with E-state index in [1.165, 1.54) is 11.3 Å². The number of methoxy groups -OCH3 is 1. The summed E-state index contributed by atoms with van der Waals surface area (Å²) in [6, 6.07) is -0.147. The second-order valence-corrected chi connectivity index (χ2v) is 9.68. The average Bonchev–Trinajstić information content (AvgIpc) is 3.37. The molecule has 2 aromatic rings. The zero-order valence-electron chi connectivity index (χ0n) is 17.6. The molecule has 0 atom stereocenters. The van der Waals surface area contributed by atoms with Gasteiger partial charge in [0.05, 0.1) is 11.8 Å². The van der Waals surface area contributed by atoms with Crippen molar-refractivity contribution in [3.8, 4) is 5.88 Å². The first-order chi connectivity index (χ1) is 15.1. The van der Waals surface area contributed by atoms with Crippen LogP contribution in [0.3, 0.4) is 0 Å². The van der Waals surface area contributed by atoms with Crippen LogP contribution in [0.25, 0.3) is 10.2 Å². The highest BCUT2D eigenvalue weighted by molar-refractivity contribution is 7.22. The molecular weight excluding hydrogens is 418 g/mol. The number of thiazole rings is 1. The van der Waals surface area contributed by atoms with Crippen molar-refractivity contribution in [1.82, 2.24) is 20.2 Å². The van der Waals surface area contributed by atoms with Gasteiger partial charge in [0.25, 0.3) is 0 Å². The van der Waals surface area contributed by atoms with E-state index in [-0.39, 0.29) is 17.4 Å². The van der Waals surface area contributed by atoms with E-state index >= 15 is 0 Å². The van der Waals surface area contributed by atoms with Crippen LogP contribution in [-0.4, -0.2) is 66.8 Å². The third-order valence-electron chi connectivity index (χ3n) is 6.79. The first-order valence-electron chi connectivity index (χ1n) is 10.8. The van der Waals surface area contributed by atoms with E-state index in [9.17, 15) is 9.59 Å². The number of hydrogen-bond donors (Lipinski definition) is 2. The van der Waals surface area contributed by atoms with Crippen molar-refractivity contribution >= 4 is 38.6 Å². The molecule has 1 spiro atoms. The Bertz CT molecular complexity index is 995. The van der Waals surface area contributed by atoms with E-state index in [4.69, 9.17) is 9.47 Å². The summed E-state index contributed by atoms with van der Waals surface area (Å²) in [5.41, 5.74) is 1.86. The first-order valence-corrected chi connectivity index (χ1v) is 11.6. The maximum absolute atomic E-state index is 12.9. The molecule has 31 heavy (non-hydrogen) atoms.